The molecule has 1 unspecified atom stereocenters. The number of carbonyl (C=O) groups excluding carboxylic acids is 1. The molecule has 3 rings (SSSR count). The highest BCUT2D eigenvalue weighted by atomic mass is 16.6. The maximum Gasteiger partial charge on any atom is 0.344 e. The van der Waals surface area contributed by atoms with Gasteiger partial charge >= 0.3 is 5.97 Å². The summed E-state index contributed by atoms with van der Waals surface area (Å²) in [6, 6.07) is 13.0. The van der Waals surface area contributed by atoms with Gasteiger partial charge in [0.05, 0.1) is 18.1 Å². The van der Waals surface area contributed by atoms with E-state index in [4.69, 9.17) is 4.74 Å². The van der Waals surface area contributed by atoms with Gasteiger partial charge in [0.25, 0.3) is 5.69 Å². The standard InChI is InChI=1S/C18H18N2O4/c1-12-15-6-4-3-5-13(15)9-10-19(12)14-7-8-17(20(22)23)16(11-14)18(21)24-2/h3-8,11-12H,9-10H2,1-2H3. The second-order valence-corrected chi connectivity index (χ2v) is 5.77. The van der Waals surface area contributed by atoms with Crippen molar-refractivity contribution in [2.75, 3.05) is 18.6 Å². The summed E-state index contributed by atoms with van der Waals surface area (Å²) < 4.78 is 4.69. The van der Waals surface area contributed by atoms with Crippen LogP contribution in [0.5, 0.6) is 0 Å². The van der Waals surface area contributed by atoms with Crippen LogP contribution in [-0.2, 0) is 11.2 Å². The number of nitro groups is 1. The summed E-state index contributed by atoms with van der Waals surface area (Å²) in [5.41, 5.74) is 3.07. The molecule has 24 heavy (non-hydrogen) atoms. The fourth-order valence-electron chi connectivity index (χ4n) is 3.26. The molecule has 0 N–H and O–H groups in total. The van der Waals surface area contributed by atoms with Crippen molar-refractivity contribution in [3.8, 4) is 0 Å². The monoisotopic (exact) mass is 326 g/mol. The zero-order valence-electron chi connectivity index (χ0n) is 13.6. The predicted octanol–water partition coefficient (Wildman–Crippen LogP) is 3.51. The van der Waals surface area contributed by atoms with Crippen LogP contribution in [0.1, 0.15) is 34.5 Å². The number of methoxy groups -OCH3 is 1. The molecule has 0 fully saturated rings. The maximum absolute atomic E-state index is 11.9. The predicted molar refractivity (Wildman–Crippen MR) is 90.3 cm³/mol. The molecule has 2 aromatic carbocycles. The summed E-state index contributed by atoms with van der Waals surface area (Å²) in [5, 5.41) is 11.1. The van der Waals surface area contributed by atoms with Crippen LogP contribution in [-0.4, -0.2) is 24.5 Å². The van der Waals surface area contributed by atoms with Crippen molar-refractivity contribution in [2.45, 2.75) is 19.4 Å². The van der Waals surface area contributed by atoms with E-state index in [1.807, 2.05) is 12.1 Å². The number of carbonyl (C=O) groups is 1. The Kier molecular flexibility index (Phi) is 4.20. The average Bonchev–Trinajstić information content (AvgIpc) is 2.61. The maximum atomic E-state index is 11.9. The Morgan fingerprint density at radius 1 is 1.29 bits per heavy atom. The van der Waals surface area contributed by atoms with Gasteiger partial charge in [-0.3, -0.25) is 10.1 Å². The van der Waals surface area contributed by atoms with Gasteiger partial charge in [-0.25, -0.2) is 4.79 Å². The number of ether oxygens (including phenoxy) is 1. The third kappa shape index (κ3) is 2.71. The molecule has 0 amide bonds. The highest BCUT2D eigenvalue weighted by molar-refractivity contribution is 5.95. The molecule has 6 nitrogen and oxygen atoms in total. The van der Waals surface area contributed by atoms with E-state index in [1.165, 1.54) is 24.3 Å². The zero-order valence-corrected chi connectivity index (χ0v) is 13.6. The first kappa shape index (κ1) is 16.0. The van der Waals surface area contributed by atoms with Gasteiger partial charge in [-0.15, -0.1) is 0 Å². The molecule has 0 radical (unpaired) electrons. The molecule has 1 atom stereocenters. The number of esters is 1. The lowest BCUT2D eigenvalue weighted by atomic mass is 9.93. The molecule has 0 bridgehead atoms. The lowest BCUT2D eigenvalue weighted by Gasteiger charge is -2.37. The number of hydrogen-bond acceptors (Lipinski definition) is 5. The van der Waals surface area contributed by atoms with Crippen LogP contribution in [0.3, 0.4) is 0 Å². The minimum Gasteiger partial charge on any atom is -0.465 e. The van der Waals surface area contributed by atoms with Crippen LogP contribution in [0.4, 0.5) is 11.4 Å². The summed E-state index contributed by atoms with van der Waals surface area (Å²) in [6.45, 7) is 2.88. The third-order valence-corrected chi connectivity index (χ3v) is 4.51. The summed E-state index contributed by atoms with van der Waals surface area (Å²) in [5.74, 6) is -0.700. The number of fused-ring (bicyclic) bond motifs is 1. The molecule has 1 heterocycles. The Morgan fingerprint density at radius 3 is 2.75 bits per heavy atom. The second kappa shape index (κ2) is 6.31. The van der Waals surface area contributed by atoms with Gasteiger partial charge in [-0.05, 0) is 36.6 Å². The molecular weight excluding hydrogens is 308 g/mol. The van der Waals surface area contributed by atoms with Gasteiger partial charge in [0.1, 0.15) is 5.56 Å². The Hall–Kier alpha value is -2.89. The van der Waals surface area contributed by atoms with E-state index in [1.54, 1.807) is 12.1 Å². The molecule has 1 aliphatic heterocycles. The second-order valence-electron chi connectivity index (χ2n) is 5.77. The number of nitro benzene ring substituents is 1. The van der Waals surface area contributed by atoms with Crippen LogP contribution >= 0.6 is 0 Å². The normalized spacial score (nSPS) is 16.4. The van der Waals surface area contributed by atoms with Crippen molar-refractivity contribution in [2.24, 2.45) is 0 Å². The average molecular weight is 326 g/mol. The topological polar surface area (TPSA) is 72.7 Å². The molecular formula is C18H18N2O4. The van der Waals surface area contributed by atoms with Gasteiger partial charge in [-0.1, -0.05) is 24.3 Å². The Balaban J connectivity index is 2.01. The third-order valence-electron chi connectivity index (χ3n) is 4.51. The Labute approximate surface area is 139 Å². The number of hydrogen-bond donors (Lipinski definition) is 0. The minimum atomic E-state index is -0.700. The Morgan fingerprint density at radius 2 is 2.04 bits per heavy atom. The lowest BCUT2D eigenvalue weighted by Crippen LogP contribution is -2.34. The first-order valence-electron chi connectivity index (χ1n) is 7.74. The van der Waals surface area contributed by atoms with Crippen LogP contribution in [0.2, 0.25) is 0 Å². The van der Waals surface area contributed by atoms with E-state index >= 15 is 0 Å². The molecule has 6 heteroatoms. The fraction of sp³-hybridized carbons (Fsp3) is 0.278. The van der Waals surface area contributed by atoms with Crippen molar-refractivity contribution >= 4 is 17.3 Å². The SMILES string of the molecule is COC(=O)c1cc(N2CCc3ccccc3C2C)ccc1[N+](=O)[O-]. The molecule has 0 spiro atoms. The van der Waals surface area contributed by atoms with Crippen LogP contribution < -0.4 is 4.90 Å². The lowest BCUT2D eigenvalue weighted by molar-refractivity contribution is -0.385. The van der Waals surface area contributed by atoms with Crippen molar-refractivity contribution in [3.05, 3.63) is 69.3 Å². The van der Waals surface area contributed by atoms with Crippen LogP contribution in [0.25, 0.3) is 0 Å². The molecule has 0 saturated carbocycles. The first-order chi connectivity index (χ1) is 11.5. The van der Waals surface area contributed by atoms with Gasteiger partial charge in [0, 0.05) is 18.3 Å². The largest absolute Gasteiger partial charge is 0.465 e. The first-order valence-corrected chi connectivity index (χ1v) is 7.74. The molecule has 1 aliphatic rings. The quantitative estimate of drug-likeness (QED) is 0.490. The smallest absolute Gasteiger partial charge is 0.344 e. The van der Waals surface area contributed by atoms with E-state index in [0.717, 1.165) is 18.7 Å². The van der Waals surface area contributed by atoms with E-state index in [0.29, 0.717) is 0 Å². The fourth-order valence-corrected chi connectivity index (χ4v) is 3.26. The molecule has 0 aliphatic carbocycles. The van der Waals surface area contributed by atoms with Crippen LogP contribution in [0.15, 0.2) is 42.5 Å². The van der Waals surface area contributed by atoms with Crippen molar-refractivity contribution < 1.29 is 14.5 Å². The summed E-state index contributed by atoms with van der Waals surface area (Å²) >= 11 is 0. The van der Waals surface area contributed by atoms with Gasteiger partial charge in [0.2, 0.25) is 0 Å². The summed E-state index contributed by atoms with van der Waals surface area (Å²) in [6.07, 6.45) is 0.894. The van der Waals surface area contributed by atoms with Crippen molar-refractivity contribution in [1.29, 1.82) is 0 Å². The molecule has 0 aromatic heterocycles. The number of rotatable bonds is 3. The van der Waals surface area contributed by atoms with E-state index in [2.05, 4.69) is 24.0 Å². The van der Waals surface area contributed by atoms with E-state index < -0.39 is 10.9 Å². The van der Waals surface area contributed by atoms with Gasteiger partial charge in [0.15, 0.2) is 0 Å². The molecule has 2 aromatic rings. The molecule has 124 valence electrons. The van der Waals surface area contributed by atoms with Gasteiger partial charge in [-0.2, -0.15) is 0 Å². The van der Waals surface area contributed by atoms with Gasteiger partial charge < -0.3 is 9.64 Å². The zero-order chi connectivity index (χ0) is 17.3. The van der Waals surface area contributed by atoms with E-state index in [-0.39, 0.29) is 17.3 Å². The number of benzene rings is 2. The van der Waals surface area contributed by atoms with Crippen LogP contribution in [0, 0.1) is 10.1 Å². The number of nitrogens with zero attached hydrogens (tertiary/aromatic N) is 2. The highest BCUT2D eigenvalue weighted by Gasteiger charge is 2.27. The molecule has 0 saturated heterocycles. The summed E-state index contributed by atoms with van der Waals surface area (Å²) in [4.78, 5) is 24.6. The van der Waals surface area contributed by atoms with Crippen molar-refractivity contribution in [3.63, 3.8) is 0 Å². The number of anilines is 1. The highest BCUT2D eigenvalue weighted by Crippen LogP contribution is 2.35. The Bertz CT molecular complexity index is 803. The van der Waals surface area contributed by atoms with Crippen molar-refractivity contribution in [1.82, 2.24) is 0 Å². The minimum absolute atomic E-state index is 0.0222. The van der Waals surface area contributed by atoms with E-state index in [9.17, 15) is 14.9 Å². The summed E-state index contributed by atoms with van der Waals surface area (Å²) in [7, 11) is 1.22.